The van der Waals surface area contributed by atoms with Gasteiger partial charge in [-0.2, -0.15) is 0 Å². The molecule has 3 atom stereocenters. The molecule has 2 fully saturated rings. The van der Waals surface area contributed by atoms with Gasteiger partial charge in [-0.1, -0.05) is 12.5 Å². The van der Waals surface area contributed by atoms with Crippen molar-refractivity contribution in [3.05, 3.63) is 46.6 Å². The zero-order valence-electron chi connectivity index (χ0n) is 16.1. The fraction of sp³-hybridized carbons (Fsp3) is 0.524. The molecule has 28 heavy (non-hydrogen) atoms. The van der Waals surface area contributed by atoms with Crippen molar-refractivity contribution in [1.82, 2.24) is 19.9 Å². The van der Waals surface area contributed by atoms with Crippen molar-refractivity contribution >= 4 is 5.91 Å². The molecule has 1 amide bonds. The van der Waals surface area contributed by atoms with Crippen LogP contribution >= 0.6 is 0 Å². The lowest BCUT2D eigenvalue weighted by molar-refractivity contribution is -0.137. The molecular weight excluding hydrogens is 356 g/mol. The number of ether oxygens (including phenoxy) is 1. The Labute approximate surface area is 164 Å². The fourth-order valence-electron chi connectivity index (χ4n) is 4.34. The van der Waals surface area contributed by atoms with Gasteiger partial charge in [-0.3, -0.25) is 14.6 Å². The normalized spacial score (nSPS) is 25.0. The van der Waals surface area contributed by atoms with Crippen molar-refractivity contribution in [1.29, 1.82) is 0 Å². The summed E-state index contributed by atoms with van der Waals surface area (Å²) in [6, 6.07) is 7.01. The second-order valence-corrected chi connectivity index (χ2v) is 7.72. The van der Waals surface area contributed by atoms with Gasteiger partial charge >= 0.3 is 0 Å². The van der Waals surface area contributed by atoms with Crippen LogP contribution in [0.25, 0.3) is 11.4 Å². The quantitative estimate of drug-likeness (QED) is 0.877. The second-order valence-electron chi connectivity index (χ2n) is 7.72. The molecule has 2 aromatic rings. The maximum Gasteiger partial charge on any atom is 0.251 e. The Hall–Kier alpha value is -2.54. The van der Waals surface area contributed by atoms with Gasteiger partial charge < -0.3 is 14.6 Å². The predicted octanol–water partition coefficient (Wildman–Crippen LogP) is 2.35. The van der Waals surface area contributed by atoms with Gasteiger partial charge in [0.25, 0.3) is 5.56 Å². The molecule has 0 spiro atoms. The van der Waals surface area contributed by atoms with Crippen LogP contribution in [0.4, 0.5) is 0 Å². The molecule has 1 saturated carbocycles. The Morgan fingerprint density at radius 3 is 2.93 bits per heavy atom. The van der Waals surface area contributed by atoms with E-state index in [2.05, 4.69) is 15.0 Å². The smallest absolute Gasteiger partial charge is 0.251 e. The summed E-state index contributed by atoms with van der Waals surface area (Å²) in [4.78, 5) is 38.8. The summed E-state index contributed by atoms with van der Waals surface area (Å²) >= 11 is 0. The fourth-order valence-corrected chi connectivity index (χ4v) is 4.34. The number of hydrogen-bond donors (Lipinski definition) is 1. The number of aromatic nitrogens is 3. The largest absolute Gasteiger partial charge is 0.381 e. The van der Waals surface area contributed by atoms with Gasteiger partial charge in [-0.25, -0.2) is 4.98 Å². The van der Waals surface area contributed by atoms with Gasteiger partial charge in [0.2, 0.25) is 5.91 Å². The molecule has 4 rings (SSSR count). The third-order valence-corrected chi connectivity index (χ3v) is 5.88. The molecule has 2 aromatic heterocycles. The number of aromatic amines is 1. The molecule has 7 heteroatoms. The Morgan fingerprint density at radius 2 is 2.14 bits per heavy atom. The number of pyridine rings is 1. The average molecular weight is 382 g/mol. The minimum Gasteiger partial charge on any atom is -0.381 e. The van der Waals surface area contributed by atoms with E-state index in [1.54, 1.807) is 13.3 Å². The third kappa shape index (κ3) is 3.99. The second kappa shape index (κ2) is 8.22. The molecule has 0 bridgehead atoms. The lowest BCUT2D eigenvalue weighted by atomic mass is 9.86. The molecule has 1 aliphatic carbocycles. The van der Waals surface area contributed by atoms with E-state index in [0.717, 1.165) is 32.1 Å². The van der Waals surface area contributed by atoms with Crippen molar-refractivity contribution in [3.8, 4) is 11.4 Å². The highest BCUT2D eigenvalue weighted by Gasteiger charge is 2.35. The monoisotopic (exact) mass is 382 g/mol. The van der Waals surface area contributed by atoms with Crippen molar-refractivity contribution in [2.75, 3.05) is 20.2 Å². The molecule has 1 saturated heterocycles. The number of rotatable bonds is 4. The summed E-state index contributed by atoms with van der Waals surface area (Å²) in [6.07, 6.45) is 6.49. The average Bonchev–Trinajstić information content (AvgIpc) is 3.24. The minimum atomic E-state index is -0.189. The molecule has 0 aromatic carbocycles. The molecule has 3 heterocycles. The summed E-state index contributed by atoms with van der Waals surface area (Å²) in [7, 11) is 1.72. The first-order valence-corrected chi connectivity index (χ1v) is 9.98. The SMILES string of the molecule is CO[C@@H]1CCC[C@H](C(=O)N2CC[C@H](c3nc(-c4ccccn4)cc(=O)[nH]3)C2)C1. The van der Waals surface area contributed by atoms with Crippen molar-refractivity contribution < 1.29 is 9.53 Å². The molecule has 0 radical (unpaired) electrons. The maximum atomic E-state index is 13.0. The highest BCUT2D eigenvalue weighted by Crippen LogP contribution is 2.31. The molecule has 7 nitrogen and oxygen atoms in total. The topological polar surface area (TPSA) is 88.2 Å². The van der Waals surface area contributed by atoms with Crippen LogP contribution in [0.3, 0.4) is 0 Å². The van der Waals surface area contributed by atoms with Crippen LogP contribution < -0.4 is 5.56 Å². The number of nitrogens with one attached hydrogen (secondary N) is 1. The lowest BCUT2D eigenvalue weighted by Crippen LogP contribution is -2.38. The van der Waals surface area contributed by atoms with Gasteiger partial charge in [0.15, 0.2) is 0 Å². The van der Waals surface area contributed by atoms with E-state index in [0.29, 0.717) is 30.3 Å². The first-order valence-electron chi connectivity index (χ1n) is 9.98. The molecule has 148 valence electrons. The van der Waals surface area contributed by atoms with Crippen LogP contribution in [0.2, 0.25) is 0 Å². The van der Waals surface area contributed by atoms with Crippen LogP contribution in [-0.4, -0.2) is 52.1 Å². The van der Waals surface area contributed by atoms with Crippen LogP contribution in [-0.2, 0) is 9.53 Å². The van der Waals surface area contributed by atoms with Gasteiger partial charge in [0.05, 0.1) is 17.5 Å². The molecule has 2 aliphatic rings. The van der Waals surface area contributed by atoms with Crippen LogP contribution in [0.1, 0.15) is 43.8 Å². The Balaban J connectivity index is 1.48. The lowest BCUT2D eigenvalue weighted by Gasteiger charge is -2.30. The van der Waals surface area contributed by atoms with E-state index >= 15 is 0 Å². The van der Waals surface area contributed by atoms with Crippen LogP contribution in [0, 0.1) is 5.92 Å². The number of carbonyl (C=O) groups excluding carboxylic acids is 1. The summed E-state index contributed by atoms with van der Waals surface area (Å²) in [6.45, 7) is 1.30. The van der Waals surface area contributed by atoms with E-state index in [-0.39, 0.29) is 29.4 Å². The minimum absolute atomic E-state index is 0.0436. The van der Waals surface area contributed by atoms with Crippen molar-refractivity contribution in [2.45, 2.75) is 44.1 Å². The zero-order chi connectivity index (χ0) is 19.5. The summed E-state index contributed by atoms with van der Waals surface area (Å²) in [5.74, 6) is 0.945. The first-order chi connectivity index (χ1) is 13.6. The number of carbonyl (C=O) groups is 1. The van der Waals surface area contributed by atoms with Gasteiger partial charge in [0.1, 0.15) is 5.82 Å². The third-order valence-electron chi connectivity index (χ3n) is 5.88. The van der Waals surface area contributed by atoms with E-state index in [1.165, 1.54) is 6.07 Å². The van der Waals surface area contributed by atoms with E-state index < -0.39 is 0 Å². The summed E-state index contributed by atoms with van der Waals surface area (Å²) in [5, 5.41) is 0. The summed E-state index contributed by atoms with van der Waals surface area (Å²) < 4.78 is 5.47. The molecule has 1 aliphatic heterocycles. The van der Waals surface area contributed by atoms with Crippen molar-refractivity contribution in [3.63, 3.8) is 0 Å². The molecule has 0 unspecified atom stereocenters. The maximum absolute atomic E-state index is 13.0. The highest BCUT2D eigenvalue weighted by atomic mass is 16.5. The van der Waals surface area contributed by atoms with Crippen LogP contribution in [0.15, 0.2) is 35.3 Å². The van der Waals surface area contributed by atoms with Gasteiger partial charge in [-0.05, 0) is 37.8 Å². The van der Waals surface area contributed by atoms with Crippen LogP contribution in [0.5, 0.6) is 0 Å². The Morgan fingerprint density at radius 1 is 1.25 bits per heavy atom. The van der Waals surface area contributed by atoms with E-state index in [4.69, 9.17) is 4.74 Å². The number of nitrogens with zero attached hydrogens (tertiary/aromatic N) is 3. The summed E-state index contributed by atoms with van der Waals surface area (Å²) in [5.41, 5.74) is 1.05. The number of H-pyrrole nitrogens is 1. The van der Waals surface area contributed by atoms with Crippen molar-refractivity contribution in [2.24, 2.45) is 5.92 Å². The number of hydrogen-bond acceptors (Lipinski definition) is 5. The standard InChI is InChI=1S/C21H26N4O3/c1-28-16-6-4-5-14(11-16)21(27)25-10-8-15(13-25)20-23-18(12-19(26)24-20)17-7-2-3-9-22-17/h2-3,7,9,12,14-16H,4-6,8,10-11,13H2,1H3,(H,23,24,26)/t14-,15-,16+/m0/s1. The number of methoxy groups -OCH3 is 1. The highest BCUT2D eigenvalue weighted by molar-refractivity contribution is 5.79. The molecular formula is C21H26N4O3. The van der Waals surface area contributed by atoms with E-state index in [9.17, 15) is 9.59 Å². The number of amides is 1. The predicted molar refractivity (Wildman–Crippen MR) is 105 cm³/mol. The Kier molecular flexibility index (Phi) is 5.52. The van der Waals surface area contributed by atoms with E-state index in [1.807, 2.05) is 23.1 Å². The first kappa shape index (κ1) is 18.8. The Bertz CT molecular complexity index is 883. The van der Waals surface area contributed by atoms with Gasteiger partial charge in [-0.15, -0.1) is 0 Å². The molecule has 1 N–H and O–H groups in total. The van der Waals surface area contributed by atoms with Gasteiger partial charge in [0, 0.05) is 44.3 Å². The number of likely N-dealkylation sites (tertiary alicyclic amines) is 1. The zero-order valence-corrected chi connectivity index (χ0v) is 16.1.